The summed E-state index contributed by atoms with van der Waals surface area (Å²) in [5.41, 5.74) is 3.30. The molecule has 1 saturated heterocycles. The molecule has 11 nitrogen and oxygen atoms in total. The number of alkyl carbamates (subject to hydrolysis) is 1. The van der Waals surface area contributed by atoms with Crippen LogP contribution in [0, 0.1) is 0 Å². The van der Waals surface area contributed by atoms with Crippen molar-refractivity contribution in [2.75, 3.05) is 25.7 Å². The van der Waals surface area contributed by atoms with Crippen molar-refractivity contribution in [3.8, 4) is 22.9 Å². The van der Waals surface area contributed by atoms with Gasteiger partial charge in [-0.1, -0.05) is 0 Å². The number of ether oxygens (including phenoxy) is 3. The van der Waals surface area contributed by atoms with Crippen LogP contribution in [-0.2, 0) is 17.8 Å². The van der Waals surface area contributed by atoms with Crippen LogP contribution < -0.4 is 19.7 Å². The van der Waals surface area contributed by atoms with E-state index in [4.69, 9.17) is 14.2 Å². The monoisotopic (exact) mass is 436 g/mol. The van der Waals surface area contributed by atoms with E-state index in [0.29, 0.717) is 53.9 Å². The number of anilines is 1. The first kappa shape index (κ1) is 19.8. The van der Waals surface area contributed by atoms with Gasteiger partial charge in [-0.3, -0.25) is 19.4 Å². The Hall–Kier alpha value is -4.15. The molecule has 2 amide bonds. The summed E-state index contributed by atoms with van der Waals surface area (Å²) in [4.78, 5) is 34.7. The zero-order valence-electron chi connectivity index (χ0n) is 17.4. The number of fused-ring (bicyclic) bond motifs is 1. The molecule has 0 spiro atoms. The number of amides is 2. The van der Waals surface area contributed by atoms with Crippen LogP contribution in [0.2, 0.25) is 0 Å². The van der Waals surface area contributed by atoms with E-state index in [1.165, 1.54) is 7.11 Å². The van der Waals surface area contributed by atoms with Gasteiger partial charge in [0.1, 0.15) is 6.10 Å². The van der Waals surface area contributed by atoms with Gasteiger partial charge < -0.3 is 19.5 Å². The van der Waals surface area contributed by atoms with Crippen LogP contribution in [0.4, 0.5) is 10.5 Å². The molecule has 0 radical (unpaired) electrons. The molecule has 3 aromatic heterocycles. The Morgan fingerprint density at radius 3 is 2.84 bits per heavy atom. The number of cyclic esters (lactones) is 1. The van der Waals surface area contributed by atoms with Crippen molar-refractivity contribution in [3.63, 3.8) is 0 Å². The Morgan fingerprint density at radius 1 is 1.22 bits per heavy atom. The number of pyridine rings is 2. The Kier molecular flexibility index (Phi) is 4.85. The molecule has 1 unspecified atom stereocenters. The molecule has 3 aromatic rings. The maximum atomic E-state index is 12.9. The first-order chi connectivity index (χ1) is 15.6. The van der Waals surface area contributed by atoms with Gasteiger partial charge in [-0.15, -0.1) is 0 Å². The van der Waals surface area contributed by atoms with Crippen LogP contribution in [-0.4, -0.2) is 58.6 Å². The van der Waals surface area contributed by atoms with Crippen molar-refractivity contribution >= 4 is 17.7 Å². The molecule has 1 fully saturated rings. The number of nitrogens with zero attached hydrogens (tertiary/aromatic N) is 5. The van der Waals surface area contributed by atoms with Gasteiger partial charge in [-0.25, -0.2) is 9.78 Å². The van der Waals surface area contributed by atoms with Crippen LogP contribution in [0.25, 0.3) is 11.3 Å². The van der Waals surface area contributed by atoms with Gasteiger partial charge in [0.15, 0.2) is 5.75 Å². The van der Waals surface area contributed by atoms with E-state index in [-0.39, 0.29) is 12.0 Å². The molecule has 1 N–H and O–H groups in total. The first-order valence-electron chi connectivity index (χ1n) is 9.93. The predicted molar refractivity (Wildman–Crippen MR) is 112 cm³/mol. The van der Waals surface area contributed by atoms with Crippen LogP contribution in [0.1, 0.15) is 16.1 Å². The van der Waals surface area contributed by atoms with Crippen molar-refractivity contribution in [2.45, 2.75) is 19.2 Å². The van der Waals surface area contributed by atoms with Gasteiger partial charge in [-0.05, 0) is 18.2 Å². The van der Waals surface area contributed by atoms with E-state index >= 15 is 0 Å². The quantitative estimate of drug-likeness (QED) is 0.619. The van der Waals surface area contributed by atoms with Crippen molar-refractivity contribution in [1.29, 1.82) is 0 Å². The number of rotatable bonds is 6. The molecule has 0 aromatic carbocycles. The second-order valence-electron chi connectivity index (χ2n) is 7.35. The van der Waals surface area contributed by atoms with E-state index in [1.54, 1.807) is 53.5 Å². The van der Waals surface area contributed by atoms with Crippen molar-refractivity contribution < 1.29 is 23.8 Å². The largest absolute Gasteiger partial charge is 0.491 e. The van der Waals surface area contributed by atoms with Gasteiger partial charge in [0.25, 0.3) is 11.8 Å². The number of nitrogens with one attached hydrogen (secondary N) is 1. The summed E-state index contributed by atoms with van der Waals surface area (Å²) in [6.07, 6.45) is 4.31. The smallest absolute Gasteiger partial charge is 0.407 e. The highest BCUT2D eigenvalue weighted by atomic mass is 16.6. The summed E-state index contributed by atoms with van der Waals surface area (Å²) in [5.74, 6) is 0.748. The molecule has 2 aliphatic heterocycles. The number of hydrogen-bond donors (Lipinski definition) is 1. The van der Waals surface area contributed by atoms with E-state index in [1.807, 2.05) is 0 Å². The number of carbonyl (C=O) groups is 2. The van der Waals surface area contributed by atoms with Gasteiger partial charge >= 0.3 is 6.09 Å². The topological polar surface area (TPSA) is 121 Å². The van der Waals surface area contributed by atoms with Crippen LogP contribution in [0.3, 0.4) is 0 Å². The SMILES string of the molecule is COc1cc(-c2ccc3c(n2)CN(c2cnn(CC4CNC(=O)O4)c2)C3=O)cnc1OC. The number of methoxy groups -OCH3 is 2. The van der Waals surface area contributed by atoms with E-state index in [0.717, 1.165) is 5.56 Å². The first-order valence-corrected chi connectivity index (χ1v) is 9.93. The van der Waals surface area contributed by atoms with E-state index < -0.39 is 6.09 Å². The number of hydrogen-bond acceptors (Lipinski definition) is 8. The molecular weight excluding hydrogens is 416 g/mol. The average molecular weight is 436 g/mol. The lowest BCUT2D eigenvalue weighted by molar-refractivity contribution is 0.0996. The fourth-order valence-electron chi connectivity index (χ4n) is 3.76. The third-order valence-electron chi connectivity index (χ3n) is 5.35. The molecule has 0 bridgehead atoms. The zero-order chi connectivity index (χ0) is 22.2. The van der Waals surface area contributed by atoms with E-state index in [2.05, 4.69) is 20.4 Å². The summed E-state index contributed by atoms with van der Waals surface area (Å²) >= 11 is 0. The second kappa shape index (κ2) is 7.84. The maximum absolute atomic E-state index is 12.9. The average Bonchev–Trinajstić information content (AvgIpc) is 3.52. The molecule has 2 aliphatic rings. The van der Waals surface area contributed by atoms with Gasteiger partial charge in [-0.2, -0.15) is 5.10 Å². The molecule has 0 saturated carbocycles. The lowest BCUT2D eigenvalue weighted by atomic mass is 10.1. The highest BCUT2D eigenvalue weighted by Gasteiger charge is 2.31. The highest BCUT2D eigenvalue weighted by Crippen LogP contribution is 2.32. The fourth-order valence-corrected chi connectivity index (χ4v) is 3.76. The lowest BCUT2D eigenvalue weighted by Gasteiger charge is -2.12. The molecular formula is C21H20N6O5. The summed E-state index contributed by atoms with van der Waals surface area (Å²) in [6.45, 7) is 1.16. The Bertz CT molecular complexity index is 1210. The van der Waals surface area contributed by atoms with Crippen LogP contribution in [0.5, 0.6) is 11.6 Å². The van der Waals surface area contributed by atoms with Crippen LogP contribution in [0.15, 0.2) is 36.8 Å². The van der Waals surface area contributed by atoms with Gasteiger partial charge in [0, 0.05) is 18.0 Å². The normalized spacial score (nSPS) is 17.2. The van der Waals surface area contributed by atoms with Crippen LogP contribution >= 0.6 is 0 Å². The predicted octanol–water partition coefficient (Wildman–Crippen LogP) is 1.63. The van der Waals surface area contributed by atoms with Crippen molar-refractivity contribution in [1.82, 2.24) is 25.1 Å². The minimum atomic E-state index is -0.431. The van der Waals surface area contributed by atoms with Gasteiger partial charge in [0.05, 0.1) is 62.7 Å². The third-order valence-corrected chi connectivity index (χ3v) is 5.35. The molecule has 0 aliphatic carbocycles. The third kappa shape index (κ3) is 3.47. The fraction of sp³-hybridized carbons (Fsp3) is 0.286. The van der Waals surface area contributed by atoms with Gasteiger partial charge in [0.2, 0.25) is 0 Å². The highest BCUT2D eigenvalue weighted by molar-refractivity contribution is 6.09. The summed E-state index contributed by atoms with van der Waals surface area (Å²) < 4.78 is 17.3. The summed E-state index contributed by atoms with van der Waals surface area (Å²) in [5, 5.41) is 6.90. The summed E-state index contributed by atoms with van der Waals surface area (Å²) in [6, 6.07) is 5.35. The second-order valence-corrected chi connectivity index (χ2v) is 7.35. The lowest BCUT2D eigenvalue weighted by Crippen LogP contribution is -2.23. The number of aromatic nitrogens is 4. The Labute approximate surface area is 182 Å². The molecule has 11 heteroatoms. The molecule has 32 heavy (non-hydrogen) atoms. The summed E-state index contributed by atoms with van der Waals surface area (Å²) in [7, 11) is 3.07. The Morgan fingerprint density at radius 2 is 2.09 bits per heavy atom. The molecule has 5 heterocycles. The maximum Gasteiger partial charge on any atom is 0.407 e. The minimum Gasteiger partial charge on any atom is -0.491 e. The zero-order valence-corrected chi connectivity index (χ0v) is 17.4. The molecule has 164 valence electrons. The molecule has 5 rings (SSSR count). The number of carbonyl (C=O) groups excluding carboxylic acids is 2. The molecule has 1 atom stereocenters. The van der Waals surface area contributed by atoms with E-state index in [9.17, 15) is 9.59 Å². The standard InChI is InChI=1S/C21H20N6O5/c1-30-18-5-12(6-22-19(18)31-2)16-4-3-15-17(25-16)11-27(20(15)28)13-7-24-26(9-13)10-14-8-23-21(29)32-14/h3-7,9,14H,8,10-11H2,1-2H3,(H,23,29). The van der Waals surface area contributed by atoms with Crippen molar-refractivity contribution in [2.24, 2.45) is 0 Å². The minimum absolute atomic E-state index is 0.141. The van der Waals surface area contributed by atoms with Crippen molar-refractivity contribution in [3.05, 3.63) is 48.0 Å². The Balaban J connectivity index is 1.36.